The summed E-state index contributed by atoms with van der Waals surface area (Å²) in [5.74, 6) is -4.41. The van der Waals surface area contributed by atoms with Crippen LogP contribution in [-0.2, 0) is 38.6 Å². The molecule has 11 nitrogen and oxygen atoms in total. The number of halogens is 6. The van der Waals surface area contributed by atoms with Crippen molar-refractivity contribution in [2.24, 2.45) is 7.05 Å². The van der Waals surface area contributed by atoms with Crippen molar-refractivity contribution < 1.29 is 54.6 Å². The first-order chi connectivity index (χ1) is 19.4. The highest BCUT2D eigenvalue weighted by atomic mass is 32.2. The Kier molecular flexibility index (Phi) is 9.41. The zero-order valence-corrected chi connectivity index (χ0v) is 22.6. The van der Waals surface area contributed by atoms with Gasteiger partial charge in [0, 0.05) is 43.9 Å². The summed E-state index contributed by atoms with van der Waals surface area (Å²) in [4.78, 5) is 22.9. The van der Waals surface area contributed by atoms with Crippen LogP contribution in [0.2, 0.25) is 0 Å². The van der Waals surface area contributed by atoms with Crippen LogP contribution in [0.5, 0.6) is 0 Å². The lowest BCUT2D eigenvalue weighted by Gasteiger charge is -2.37. The zero-order valence-electron chi connectivity index (χ0n) is 21.8. The number of aryl methyl sites for hydroxylation is 1. The molecule has 1 fully saturated rings. The molecule has 0 amide bonds. The van der Waals surface area contributed by atoms with Gasteiger partial charge in [-0.3, -0.25) is 4.68 Å². The van der Waals surface area contributed by atoms with Gasteiger partial charge < -0.3 is 14.8 Å². The molecule has 0 atom stereocenters. The van der Waals surface area contributed by atoms with E-state index in [-0.39, 0.29) is 5.41 Å². The van der Waals surface area contributed by atoms with E-state index in [1.54, 1.807) is 33.3 Å². The quantitative estimate of drug-likeness (QED) is 0.419. The van der Waals surface area contributed by atoms with Gasteiger partial charge in [-0.25, -0.2) is 23.0 Å². The van der Waals surface area contributed by atoms with Gasteiger partial charge in [0.2, 0.25) is 10.0 Å². The van der Waals surface area contributed by atoms with Crippen LogP contribution in [0.4, 0.5) is 26.3 Å². The van der Waals surface area contributed by atoms with Gasteiger partial charge in [0.1, 0.15) is 5.82 Å². The Bertz CT molecular complexity index is 1490. The molecule has 230 valence electrons. The first-order valence-corrected chi connectivity index (χ1v) is 13.5. The minimum absolute atomic E-state index is 0.0246. The van der Waals surface area contributed by atoms with E-state index in [9.17, 15) is 34.8 Å². The molecule has 42 heavy (non-hydrogen) atoms. The highest BCUT2D eigenvalue weighted by Crippen LogP contribution is 2.45. The van der Waals surface area contributed by atoms with Crippen LogP contribution in [0.3, 0.4) is 0 Å². The molecule has 2 aliphatic heterocycles. The van der Waals surface area contributed by atoms with Gasteiger partial charge in [-0.15, -0.1) is 0 Å². The van der Waals surface area contributed by atoms with Crippen LogP contribution in [0.25, 0.3) is 11.3 Å². The number of hydrogen-bond donors (Lipinski definition) is 2. The average molecular weight is 626 g/mol. The molecule has 1 saturated heterocycles. The first kappa shape index (κ1) is 32.6. The Labute approximate surface area is 235 Å². The summed E-state index contributed by atoms with van der Waals surface area (Å²) in [5.41, 5.74) is 2.14. The van der Waals surface area contributed by atoms with Crippen molar-refractivity contribution in [1.82, 2.24) is 23.6 Å². The smallest absolute Gasteiger partial charge is 0.475 e. The number of carboxylic acid groups (broad SMARTS) is 2. The van der Waals surface area contributed by atoms with E-state index in [4.69, 9.17) is 24.8 Å². The Morgan fingerprint density at radius 3 is 1.83 bits per heavy atom. The van der Waals surface area contributed by atoms with Crippen LogP contribution < -0.4 is 0 Å². The summed E-state index contributed by atoms with van der Waals surface area (Å²) in [5, 5.41) is 18.5. The van der Waals surface area contributed by atoms with E-state index in [1.165, 1.54) is 0 Å². The van der Waals surface area contributed by atoms with E-state index in [0.29, 0.717) is 18.0 Å². The molecule has 2 N–H and O–H groups in total. The number of imidazole rings is 1. The second-order valence-electron chi connectivity index (χ2n) is 9.37. The molecule has 2 aromatic heterocycles. The summed E-state index contributed by atoms with van der Waals surface area (Å²) >= 11 is 0. The highest BCUT2D eigenvalue weighted by Gasteiger charge is 2.46. The van der Waals surface area contributed by atoms with Crippen LogP contribution in [0.15, 0.2) is 53.8 Å². The van der Waals surface area contributed by atoms with Gasteiger partial charge in [0.15, 0.2) is 0 Å². The standard InChI is InChI=1S/C20H23N5O2S.2C2HF3O2/c1-23-15-16(13-22-23)18-14-21-19-20(9-12-25(18)19)7-10-24(11-8-20)28(26,27)17-5-3-2-4-6-17;2*3-2(4,5)1(6)7/h2-6,13-15H,7-12H2,1H3;2*(H,6,7). The summed E-state index contributed by atoms with van der Waals surface area (Å²) in [6.45, 7) is 1.99. The van der Waals surface area contributed by atoms with E-state index >= 15 is 0 Å². The molecule has 0 unspecified atom stereocenters. The molecule has 4 heterocycles. The summed E-state index contributed by atoms with van der Waals surface area (Å²) in [6.07, 6.45) is -1.73. The minimum atomic E-state index is -5.08. The van der Waals surface area contributed by atoms with Crippen molar-refractivity contribution >= 4 is 22.0 Å². The lowest BCUT2D eigenvalue weighted by atomic mass is 9.77. The molecule has 3 aromatic rings. The fourth-order valence-corrected chi connectivity index (χ4v) is 6.08. The molecule has 18 heteroatoms. The fraction of sp³-hybridized carbons (Fsp3) is 0.417. The molecular formula is C24H25F6N5O6S. The predicted octanol–water partition coefficient (Wildman–Crippen LogP) is 3.68. The van der Waals surface area contributed by atoms with Crippen molar-refractivity contribution in [2.45, 2.75) is 48.5 Å². The average Bonchev–Trinajstić information content (AvgIpc) is 3.62. The molecule has 0 saturated carbocycles. The van der Waals surface area contributed by atoms with Gasteiger partial charge in [-0.1, -0.05) is 18.2 Å². The van der Waals surface area contributed by atoms with Crippen molar-refractivity contribution in [2.75, 3.05) is 13.1 Å². The van der Waals surface area contributed by atoms with E-state index in [1.807, 2.05) is 31.7 Å². The summed E-state index contributed by atoms with van der Waals surface area (Å²) < 4.78 is 95.0. The number of aromatic nitrogens is 4. The molecule has 0 bridgehead atoms. The number of nitrogens with zero attached hydrogens (tertiary/aromatic N) is 5. The number of aliphatic carboxylic acids is 2. The van der Waals surface area contributed by atoms with E-state index in [0.717, 1.165) is 42.9 Å². The van der Waals surface area contributed by atoms with Crippen molar-refractivity contribution in [1.29, 1.82) is 0 Å². The zero-order chi connectivity index (χ0) is 31.5. The number of rotatable bonds is 3. The van der Waals surface area contributed by atoms with Gasteiger partial charge >= 0.3 is 24.3 Å². The fourth-order valence-electron chi connectivity index (χ4n) is 4.62. The topological polar surface area (TPSA) is 148 Å². The first-order valence-electron chi connectivity index (χ1n) is 12.1. The Morgan fingerprint density at radius 1 is 0.881 bits per heavy atom. The molecular weight excluding hydrogens is 600 g/mol. The third kappa shape index (κ3) is 7.28. The number of alkyl halides is 6. The normalized spacial score (nSPS) is 16.5. The lowest BCUT2D eigenvalue weighted by Crippen LogP contribution is -2.44. The largest absolute Gasteiger partial charge is 0.490 e. The molecule has 0 aliphatic carbocycles. The Balaban J connectivity index is 0.000000289. The third-order valence-electron chi connectivity index (χ3n) is 6.69. The maximum Gasteiger partial charge on any atom is 0.490 e. The third-order valence-corrected chi connectivity index (χ3v) is 8.60. The van der Waals surface area contributed by atoms with Crippen LogP contribution in [0, 0.1) is 0 Å². The number of carbonyl (C=O) groups is 2. The van der Waals surface area contributed by atoms with Crippen molar-refractivity contribution in [3.63, 3.8) is 0 Å². The number of carboxylic acids is 2. The molecule has 0 radical (unpaired) electrons. The number of fused-ring (bicyclic) bond motifs is 2. The number of hydrogen-bond acceptors (Lipinski definition) is 6. The summed E-state index contributed by atoms with van der Waals surface area (Å²) in [7, 11) is -1.51. The highest BCUT2D eigenvalue weighted by molar-refractivity contribution is 7.89. The molecule has 5 rings (SSSR count). The van der Waals surface area contributed by atoms with Crippen LogP contribution >= 0.6 is 0 Å². The lowest BCUT2D eigenvalue weighted by molar-refractivity contribution is -0.193. The number of sulfonamides is 1. The van der Waals surface area contributed by atoms with Gasteiger partial charge in [-0.2, -0.15) is 35.7 Å². The summed E-state index contributed by atoms with van der Waals surface area (Å²) in [6, 6.07) is 8.71. The molecule has 1 spiro atoms. The SMILES string of the molecule is Cn1cc(-c2cnc3n2CCC32CCN(S(=O)(=O)c3ccccc3)CC2)cn1.O=C(O)C(F)(F)F.O=C(O)C(F)(F)F. The maximum atomic E-state index is 12.9. The second-order valence-corrected chi connectivity index (χ2v) is 11.3. The van der Waals surface area contributed by atoms with Crippen molar-refractivity contribution in [3.05, 3.63) is 54.7 Å². The number of piperidine rings is 1. The van der Waals surface area contributed by atoms with Crippen LogP contribution in [0.1, 0.15) is 25.1 Å². The minimum Gasteiger partial charge on any atom is -0.475 e. The van der Waals surface area contributed by atoms with Crippen molar-refractivity contribution in [3.8, 4) is 11.3 Å². The van der Waals surface area contributed by atoms with Crippen LogP contribution in [-0.4, -0.2) is 79.6 Å². The van der Waals surface area contributed by atoms with Gasteiger partial charge in [0.25, 0.3) is 0 Å². The molecule has 2 aliphatic rings. The Hall–Kier alpha value is -3.93. The second kappa shape index (κ2) is 12.1. The molecule has 1 aromatic carbocycles. The number of benzene rings is 1. The Morgan fingerprint density at radius 2 is 1.38 bits per heavy atom. The monoisotopic (exact) mass is 625 g/mol. The van der Waals surface area contributed by atoms with Gasteiger partial charge in [-0.05, 0) is 31.4 Å². The van der Waals surface area contributed by atoms with E-state index < -0.39 is 34.3 Å². The van der Waals surface area contributed by atoms with E-state index in [2.05, 4.69) is 9.67 Å². The maximum absolute atomic E-state index is 12.9. The van der Waals surface area contributed by atoms with Gasteiger partial charge in [0.05, 0.1) is 23.0 Å². The predicted molar refractivity (Wildman–Crippen MR) is 133 cm³/mol.